The first-order valence-corrected chi connectivity index (χ1v) is 13.0. The van der Waals surface area contributed by atoms with Crippen LogP contribution in [-0.2, 0) is 21.4 Å². The average molecular weight is 480 g/mol. The maximum atomic E-state index is 12.6. The minimum atomic E-state index is -3.50. The molecule has 9 nitrogen and oxygen atoms in total. The Labute approximate surface area is 192 Å². The van der Waals surface area contributed by atoms with Crippen molar-refractivity contribution < 1.29 is 18.0 Å². The van der Waals surface area contributed by atoms with Crippen LogP contribution in [0.5, 0.6) is 0 Å². The predicted molar refractivity (Wildman–Crippen MR) is 124 cm³/mol. The van der Waals surface area contributed by atoms with Crippen LogP contribution in [0.25, 0.3) is 0 Å². The van der Waals surface area contributed by atoms with E-state index in [9.17, 15) is 18.0 Å². The number of hydrogen-bond donors (Lipinski definition) is 2. The number of carbonyl (C=O) groups excluding carboxylic acids is 2. The van der Waals surface area contributed by atoms with E-state index in [2.05, 4.69) is 15.6 Å². The van der Waals surface area contributed by atoms with Crippen LogP contribution in [0.4, 0.5) is 9.93 Å². The third-order valence-electron chi connectivity index (χ3n) is 5.45. The number of urea groups is 1. The average Bonchev–Trinajstić information content (AvgIpc) is 3.31. The van der Waals surface area contributed by atoms with E-state index in [4.69, 9.17) is 0 Å². The third-order valence-corrected chi connectivity index (χ3v) is 8.20. The molecule has 3 rings (SSSR count). The minimum absolute atomic E-state index is 0.123. The van der Waals surface area contributed by atoms with E-state index in [0.29, 0.717) is 31.3 Å². The molecule has 2 aromatic rings. The zero-order valence-corrected chi connectivity index (χ0v) is 19.9. The van der Waals surface area contributed by atoms with Crippen LogP contribution in [0.15, 0.2) is 40.7 Å². The Kier molecular flexibility index (Phi) is 8.21. The van der Waals surface area contributed by atoms with Crippen molar-refractivity contribution in [1.82, 2.24) is 19.5 Å². The van der Waals surface area contributed by atoms with E-state index < -0.39 is 10.0 Å². The van der Waals surface area contributed by atoms with Crippen molar-refractivity contribution in [3.8, 4) is 0 Å². The van der Waals surface area contributed by atoms with Crippen LogP contribution in [0.1, 0.15) is 32.3 Å². The number of rotatable bonds is 8. The molecule has 1 fully saturated rings. The van der Waals surface area contributed by atoms with Gasteiger partial charge in [-0.3, -0.25) is 4.79 Å². The Morgan fingerprint density at radius 2 is 1.94 bits per heavy atom. The second-order valence-corrected chi connectivity index (χ2v) is 10.3. The first-order valence-electron chi connectivity index (χ1n) is 10.7. The second kappa shape index (κ2) is 10.9. The molecule has 11 heteroatoms. The van der Waals surface area contributed by atoms with Crippen LogP contribution in [0.3, 0.4) is 0 Å². The summed E-state index contributed by atoms with van der Waals surface area (Å²) in [6.45, 7) is 5.65. The Morgan fingerprint density at radius 3 is 2.56 bits per heavy atom. The number of thiazole rings is 1. The molecular weight excluding hydrogens is 450 g/mol. The number of anilines is 1. The van der Waals surface area contributed by atoms with Crippen molar-refractivity contribution in [1.29, 1.82) is 0 Å². The van der Waals surface area contributed by atoms with Gasteiger partial charge in [0.25, 0.3) is 0 Å². The van der Waals surface area contributed by atoms with Gasteiger partial charge >= 0.3 is 6.03 Å². The van der Waals surface area contributed by atoms with Gasteiger partial charge in [0, 0.05) is 44.3 Å². The van der Waals surface area contributed by atoms with Crippen molar-refractivity contribution in [2.24, 2.45) is 5.92 Å². The highest BCUT2D eigenvalue weighted by molar-refractivity contribution is 7.89. The summed E-state index contributed by atoms with van der Waals surface area (Å²) in [5, 5.41) is 8.01. The van der Waals surface area contributed by atoms with Gasteiger partial charge in [-0.2, -0.15) is 4.31 Å². The van der Waals surface area contributed by atoms with Gasteiger partial charge in [-0.15, -0.1) is 11.3 Å². The summed E-state index contributed by atoms with van der Waals surface area (Å²) in [6, 6.07) is 6.30. The van der Waals surface area contributed by atoms with Gasteiger partial charge in [0.15, 0.2) is 5.13 Å². The molecule has 1 unspecified atom stereocenters. The SMILES string of the molecule is CCN(CC)S(=O)(=O)c1ccc(CNC(=O)N2CCCC(C(=O)Nc3nccs3)C2)cc1. The Balaban J connectivity index is 1.53. The molecule has 0 radical (unpaired) electrons. The Bertz CT molecular complexity index is 1010. The van der Waals surface area contributed by atoms with Crippen LogP contribution >= 0.6 is 11.3 Å². The molecule has 1 aromatic heterocycles. The fourth-order valence-corrected chi connectivity index (χ4v) is 5.64. The molecule has 2 heterocycles. The van der Waals surface area contributed by atoms with Crippen LogP contribution in [0, 0.1) is 5.92 Å². The van der Waals surface area contributed by atoms with Crippen molar-refractivity contribution in [3.05, 3.63) is 41.4 Å². The summed E-state index contributed by atoms with van der Waals surface area (Å²) >= 11 is 1.36. The standard InChI is InChI=1S/C21H29N5O4S2/c1-3-26(4-2)32(29,30)18-9-7-16(8-10-18)14-23-21(28)25-12-5-6-17(15-25)19(27)24-20-22-11-13-31-20/h7-11,13,17H,3-6,12,14-15H2,1-2H3,(H,23,28)(H,22,24,27). The number of nitrogens with zero attached hydrogens (tertiary/aromatic N) is 3. The highest BCUT2D eigenvalue weighted by atomic mass is 32.2. The lowest BCUT2D eigenvalue weighted by atomic mass is 9.97. The number of carbonyl (C=O) groups is 2. The summed E-state index contributed by atoms with van der Waals surface area (Å²) in [5.74, 6) is -0.398. The topological polar surface area (TPSA) is 112 Å². The lowest BCUT2D eigenvalue weighted by molar-refractivity contribution is -0.121. The summed E-state index contributed by atoms with van der Waals surface area (Å²) in [4.78, 5) is 31.0. The lowest BCUT2D eigenvalue weighted by Gasteiger charge is -2.31. The fraction of sp³-hybridized carbons (Fsp3) is 0.476. The summed E-state index contributed by atoms with van der Waals surface area (Å²) in [6.07, 6.45) is 3.11. The Morgan fingerprint density at radius 1 is 1.22 bits per heavy atom. The molecule has 1 aliphatic rings. The molecule has 0 bridgehead atoms. The quantitative estimate of drug-likeness (QED) is 0.605. The first kappa shape index (κ1) is 24.1. The van der Waals surface area contributed by atoms with Crippen LogP contribution < -0.4 is 10.6 Å². The van der Waals surface area contributed by atoms with Crippen molar-refractivity contribution in [2.75, 3.05) is 31.5 Å². The minimum Gasteiger partial charge on any atom is -0.334 e. The van der Waals surface area contributed by atoms with Crippen LogP contribution in [0.2, 0.25) is 0 Å². The van der Waals surface area contributed by atoms with Crippen molar-refractivity contribution >= 4 is 38.4 Å². The largest absolute Gasteiger partial charge is 0.334 e. The summed E-state index contributed by atoms with van der Waals surface area (Å²) < 4.78 is 26.6. The molecule has 1 saturated heterocycles. The fourth-order valence-electron chi connectivity index (χ4n) is 3.65. The normalized spacial score (nSPS) is 16.7. The number of aromatic nitrogens is 1. The van der Waals surface area contributed by atoms with E-state index in [0.717, 1.165) is 18.4 Å². The van der Waals surface area contributed by atoms with Crippen LogP contribution in [-0.4, -0.2) is 60.7 Å². The molecule has 3 amide bonds. The number of nitrogens with one attached hydrogen (secondary N) is 2. The van der Waals surface area contributed by atoms with E-state index >= 15 is 0 Å². The molecule has 32 heavy (non-hydrogen) atoms. The monoisotopic (exact) mass is 479 g/mol. The molecule has 174 valence electrons. The summed E-state index contributed by atoms with van der Waals surface area (Å²) in [5.41, 5.74) is 0.798. The molecule has 0 saturated carbocycles. The highest BCUT2D eigenvalue weighted by Crippen LogP contribution is 2.20. The molecule has 1 aliphatic heterocycles. The van der Waals surface area contributed by atoms with E-state index in [1.165, 1.54) is 15.6 Å². The smallest absolute Gasteiger partial charge is 0.317 e. The summed E-state index contributed by atoms with van der Waals surface area (Å²) in [7, 11) is -3.50. The maximum Gasteiger partial charge on any atom is 0.317 e. The van der Waals surface area contributed by atoms with Gasteiger partial charge in [0.05, 0.1) is 10.8 Å². The number of amides is 3. The van der Waals surface area contributed by atoms with Gasteiger partial charge in [0.2, 0.25) is 15.9 Å². The van der Waals surface area contributed by atoms with E-state index in [-0.39, 0.29) is 29.3 Å². The highest BCUT2D eigenvalue weighted by Gasteiger charge is 2.29. The van der Waals surface area contributed by atoms with Crippen molar-refractivity contribution in [3.63, 3.8) is 0 Å². The van der Waals surface area contributed by atoms with Gasteiger partial charge in [0.1, 0.15) is 0 Å². The maximum absolute atomic E-state index is 12.6. The molecule has 1 atom stereocenters. The van der Waals surface area contributed by atoms with Gasteiger partial charge in [-0.25, -0.2) is 18.2 Å². The van der Waals surface area contributed by atoms with Crippen molar-refractivity contribution in [2.45, 2.75) is 38.1 Å². The third kappa shape index (κ3) is 5.84. The lowest BCUT2D eigenvalue weighted by Crippen LogP contribution is -2.47. The van der Waals surface area contributed by atoms with E-state index in [1.54, 1.807) is 54.6 Å². The molecule has 2 N–H and O–H groups in total. The number of benzene rings is 1. The molecular formula is C21H29N5O4S2. The molecule has 1 aromatic carbocycles. The number of likely N-dealkylation sites (tertiary alicyclic amines) is 1. The van der Waals surface area contributed by atoms with E-state index in [1.807, 2.05) is 0 Å². The zero-order chi connectivity index (χ0) is 23.1. The van der Waals surface area contributed by atoms with Gasteiger partial charge < -0.3 is 15.5 Å². The molecule has 0 spiro atoms. The number of piperidine rings is 1. The predicted octanol–water partition coefficient (Wildman–Crippen LogP) is 2.73. The Hall–Kier alpha value is -2.50. The second-order valence-electron chi connectivity index (χ2n) is 7.50. The first-order chi connectivity index (χ1) is 15.3. The van der Waals surface area contributed by atoms with Gasteiger partial charge in [-0.1, -0.05) is 26.0 Å². The number of sulfonamides is 1. The number of hydrogen-bond acceptors (Lipinski definition) is 6. The molecule has 0 aliphatic carbocycles. The van der Waals surface area contributed by atoms with Gasteiger partial charge in [-0.05, 0) is 30.5 Å². The zero-order valence-electron chi connectivity index (χ0n) is 18.3.